The largest absolute Gasteiger partial charge is 0.488 e. The quantitative estimate of drug-likeness (QED) is 0.191. The lowest BCUT2D eigenvalue weighted by Gasteiger charge is -2.26. The van der Waals surface area contributed by atoms with Crippen LogP contribution in [0.5, 0.6) is 0 Å². The molecular weight excluding hydrogens is 591 g/mol. The van der Waals surface area contributed by atoms with Crippen LogP contribution in [0.15, 0.2) is 59.0 Å². The van der Waals surface area contributed by atoms with Crippen LogP contribution in [0.1, 0.15) is 45.8 Å². The van der Waals surface area contributed by atoms with Crippen molar-refractivity contribution < 1.29 is 45.2 Å². The number of furan rings is 1. The number of halogens is 4. The number of anilines is 1. The Morgan fingerprint density at radius 3 is 2.33 bits per heavy atom. The van der Waals surface area contributed by atoms with Crippen molar-refractivity contribution in [1.82, 2.24) is 5.32 Å². The number of benzene rings is 3. The van der Waals surface area contributed by atoms with Crippen molar-refractivity contribution in [3.8, 4) is 11.3 Å². The lowest BCUT2D eigenvalue weighted by molar-refractivity contribution is -0.138. The molecule has 1 heterocycles. The molecule has 14 heteroatoms. The van der Waals surface area contributed by atoms with E-state index in [2.05, 4.69) is 5.32 Å². The molecule has 1 aliphatic rings. The molecule has 4 aromatic rings. The number of fused-ring (bicyclic) bond motifs is 1. The van der Waals surface area contributed by atoms with Gasteiger partial charge in [0.05, 0.1) is 23.1 Å². The van der Waals surface area contributed by atoms with Gasteiger partial charge in [0.25, 0.3) is 5.91 Å². The van der Waals surface area contributed by atoms with E-state index in [1.54, 1.807) is 6.07 Å². The van der Waals surface area contributed by atoms with Crippen molar-refractivity contribution in [3.63, 3.8) is 0 Å². The van der Waals surface area contributed by atoms with Gasteiger partial charge in [0.15, 0.2) is 0 Å². The first kappa shape index (κ1) is 30.6. The van der Waals surface area contributed by atoms with Gasteiger partial charge in [-0.05, 0) is 78.2 Å². The fourth-order valence-corrected chi connectivity index (χ4v) is 6.10. The Morgan fingerprint density at radius 2 is 1.77 bits per heavy atom. The van der Waals surface area contributed by atoms with Gasteiger partial charge >= 0.3 is 13.3 Å². The molecule has 226 valence electrons. The molecule has 3 N–H and O–H groups in total. The van der Waals surface area contributed by atoms with Crippen molar-refractivity contribution in [1.29, 1.82) is 0 Å². The van der Waals surface area contributed by atoms with Gasteiger partial charge in [0.2, 0.25) is 10.0 Å². The third-order valence-corrected chi connectivity index (χ3v) is 8.59. The Labute approximate surface area is 245 Å². The highest BCUT2D eigenvalue weighted by Crippen LogP contribution is 2.48. The third-order valence-electron chi connectivity index (χ3n) is 7.41. The van der Waals surface area contributed by atoms with Gasteiger partial charge < -0.3 is 19.8 Å². The second-order valence-corrected chi connectivity index (χ2v) is 12.4. The molecule has 3 aromatic carbocycles. The highest BCUT2D eigenvalue weighted by atomic mass is 32.2. The minimum absolute atomic E-state index is 0.0404. The lowest BCUT2D eigenvalue weighted by Crippen LogP contribution is -2.34. The highest BCUT2D eigenvalue weighted by Gasteiger charge is 2.36. The van der Waals surface area contributed by atoms with Crippen LogP contribution in [-0.2, 0) is 22.6 Å². The van der Waals surface area contributed by atoms with Crippen LogP contribution in [0.2, 0.25) is 0 Å². The molecular formula is C29H27BF4N2O6S. The van der Waals surface area contributed by atoms with Gasteiger partial charge in [-0.25, -0.2) is 12.8 Å². The molecule has 0 bridgehead atoms. The Morgan fingerprint density at radius 1 is 1.09 bits per heavy atom. The monoisotopic (exact) mass is 618 g/mol. The van der Waals surface area contributed by atoms with Crippen molar-refractivity contribution >= 4 is 45.2 Å². The molecule has 0 spiro atoms. The average molecular weight is 618 g/mol. The molecule has 0 aliphatic heterocycles. The van der Waals surface area contributed by atoms with Gasteiger partial charge in [0.1, 0.15) is 17.2 Å². The molecule has 1 aliphatic carbocycles. The van der Waals surface area contributed by atoms with E-state index < -0.39 is 40.6 Å². The van der Waals surface area contributed by atoms with E-state index in [-0.39, 0.29) is 52.5 Å². The Kier molecular flexibility index (Phi) is 8.05. The predicted octanol–water partition coefficient (Wildman–Crippen LogP) is 4.18. The first-order chi connectivity index (χ1) is 20.2. The number of carbonyl (C=O) groups is 1. The van der Waals surface area contributed by atoms with Crippen LogP contribution in [-0.4, -0.2) is 51.3 Å². The number of hydrogen-bond donors (Lipinski definition) is 3. The molecule has 1 saturated carbocycles. The first-order valence-corrected chi connectivity index (χ1v) is 15.2. The SMILES string of the molecule is CNC(=O)c1c(-c2ccc(F)cc2)oc2cc(N(CCc3ccc(B(O)O)cc3C(F)(F)F)S(C)(=O)=O)c(C3CC3)cc12. The summed E-state index contributed by atoms with van der Waals surface area (Å²) < 4.78 is 88.5. The van der Waals surface area contributed by atoms with E-state index in [1.807, 2.05) is 0 Å². The Balaban J connectivity index is 1.63. The maximum atomic E-state index is 13.9. The molecule has 8 nitrogen and oxygen atoms in total. The normalized spacial score (nSPS) is 13.8. The molecule has 0 atom stereocenters. The third kappa shape index (κ3) is 6.26. The highest BCUT2D eigenvalue weighted by molar-refractivity contribution is 7.92. The fourth-order valence-electron chi connectivity index (χ4n) is 5.16. The van der Waals surface area contributed by atoms with E-state index in [4.69, 9.17) is 4.42 Å². The van der Waals surface area contributed by atoms with E-state index in [9.17, 15) is 40.8 Å². The van der Waals surface area contributed by atoms with Crippen LogP contribution >= 0.6 is 0 Å². The molecule has 1 fully saturated rings. The first-order valence-electron chi connectivity index (χ1n) is 13.3. The van der Waals surface area contributed by atoms with Crippen LogP contribution < -0.4 is 15.1 Å². The fraction of sp³-hybridized carbons (Fsp3) is 0.276. The Bertz CT molecular complexity index is 1800. The summed E-state index contributed by atoms with van der Waals surface area (Å²) in [7, 11) is -4.69. The topological polar surface area (TPSA) is 120 Å². The number of nitrogens with one attached hydrogen (secondary N) is 1. The number of sulfonamides is 1. The number of hydrogen-bond acceptors (Lipinski definition) is 6. The average Bonchev–Trinajstić information content (AvgIpc) is 3.71. The van der Waals surface area contributed by atoms with Crippen LogP contribution in [0.25, 0.3) is 22.3 Å². The summed E-state index contributed by atoms with van der Waals surface area (Å²) in [6.07, 6.45) is -2.72. The van der Waals surface area contributed by atoms with Gasteiger partial charge in [-0.1, -0.05) is 12.1 Å². The number of nitrogens with zero attached hydrogens (tertiary/aromatic N) is 1. The lowest BCUT2D eigenvalue weighted by atomic mass is 9.78. The molecule has 0 radical (unpaired) electrons. The molecule has 0 saturated heterocycles. The number of amides is 1. The number of carbonyl (C=O) groups excluding carboxylic acids is 1. The van der Waals surface area contributed by atoms with Crippen LogP contribution in [0, 0.1) is 5.82 Å². The van der Waals surface area contributed by atoms with Crippen molar-refractivity contribution in [2.45, 2.75) is 31.4 Å². The van der Waals surface area contributed by atoms with Crippen molar-refractivity contribution in [2.24, 2.45) is 0 Å². The van der Waals surface area contributed by atoms with Crippen molar-refractivity contribution in [2.75, 3.05) is 24.2 Å². The minimum Gasteiger partial charge on any atom is -0.455 e. The summed E-state index contributed by atoms with van der Waals surface area (Å²) in [6, 6.07) is 11.3. The molecule has 0 unspecified atom stereocenters. The van der Waals surface area contributed by atoms with E-state index in [0.29, 0.717) is 22.6 Å². The van der Waals surface area contributed by atoms with Crippen LogP contribution in [0.4, 0.5) is 23.2 Å². The summed E-state index contributed by atoms with van der Waals surface area (Å²) in [6.45, 7) is -0.359. The molecule has 1 amide bonds. The zero-order chi connectivity index (χ0) is 31.3. The van der Waals surface area contributed by atoms with Gasteiger partial charge in [-0.15, -0.1) is 0 Å². The standard InChI is InChI=1S/C29H27BF4N2O6S/c1-35-28(37)26-22-14-21(16-3-4-16)24(15-25(22)42-27(26)18-6-9-20(31)10-7-18)36(43(2,40)41)12-11-17-5-8-19(30(38)39)13-23(17)29(32,33)34/h5-10,13-16,38-39H,3-4,11-12H2,1-2H3,(H,35,37). The maximum Gasteiger partial charge on any atom is 0.488 e. The summed E-state index contributed by atoms with van der Waals surface area (Å²) in [4.78, 5) is 13.0. The van der Waals surface area contributed by atoms with Gasteiger partial charge in [-0.2, -0.15) is 13.2 Å². The molecule has 43 heavy (non-hydrogen) atoms. The minimum atomic E-state index is -4.82. The zero-order valence-corrected chi connectivity index (χ0v) is 23.9. The van der Waals surface area contributed by atoms with Crippen LogP contribution in [0.3, 0.4) is 0 Å². The zero-order valence-electron chi connectivity index (χ0n) is 23.1. The summed E-state index contributed by atoms with van der Waals surface area (Å²) in [5.74, 6) is -0.843. The van der Waals surface area contributed by atoms with E-state index in [1.165, 1.54) is 37.4 Å². The Hall–Kier alpha value is -3.88. The second-order valence-electron chi connectivity index (χ2n) is 10.4. The van der Waals surface area contributed by atoms with Gasteiger partial charge in [0, 0.05) is 30.6 Å². The smallest absolute Gasteiger partial charge is 0.455 e. The maximum absolute atomic E-state index is 13.9. The summed E-state index contributed by atoms with van der Waals surface area (Å²) in [5.41, 5.74) is -0.0814. The van der Waals surface area contributed by atoms with E-state index >= 15 is 0 Å². The molecule has 5 rings (SSSR count). The summed E-state index contributed by atoms with van der Waals surface area (Å²) >= 11 is 0. The number of alkyl halides is 3. The predicted molar refractivity (Wildman–Crippen MR) is 154 cm³/mol. The second kappa shape index (κ2) is 11.3. The van der Waals surface area contributed by atoms with E-state index in [0.717, 1.165) is 35.5 Å². The number of rotatable bonds is 9. The van der Waals surface area contributed by atoms with Gasteiger partial charge in [-0.3, -0.25) is 9.10 Å². The van der Waals surface area contributed by atoms with Crippen molar-refractivity contribution in [3.05, 3.63) is 82.7 Å². The molecule has 1 aromatic heterocycles. The summed E-state index contributed by atoms with van der Waals surface area (Å²) in [5, 5.41) is 21.7.